The van der Waals surface area contributed by atoms with Gasteiger partial charge in [0.25, 0.3) is 0 Å². The zero-order valence-electron chi connectivity index (χ0n) is 12.7. The topological polar surface area (TPSA) is 12.0 Å². The van der Waals surface area contributed by atoms with Gasteiger partial charge in [-0.3, -0.25) is 0 Å². The Kier molecular flexibility index (Phi) is 8.43. The van der Waals surface area contributed by atoms with Crippen LogP contribution in [0.5, 0.6) is 0 Å². The Hall–Kier alpha value is -0.960. The highest BCUT2D eigenvalue weighted by atomic mass is 19.2. The lowest BCUT2D eigenvalue weighted by atomic mass is 9.99. The van der Waals surface area contributed by atoms with Crippen LogP contribution >= 0.6 is 0 Å². The SMILES string of the molecule is CCCCCCC(Cc1ccc(F)c(F)c1)NCCC. The maximum absolute atomic E-state index is 13.2. The quantitative estimate of drug-likeness (QED) is 0.605. The lowest BCUT2D eigenvalue weighted by Crippen LogP contribution is -2.31. The second-order valence-electron chi connectivity index (χ2n) is 5.45. The number of halogens is 2. The van der Waals surface area contributed by atoms with Gasteiger partial charge in [-0.2, -0.15) is 0 Å². The van der Waals surface area contributed by atoms with Crippen molar-refractivity contribution >= 4 is 0 Å². The van der Waals surface area contributed by atoms with Crippen LogP contribution in [0.3, 0.4) is 0 Å². The second kappa shape index (κ2) is 9.87. The van der Waals surface area contributed by atoms with E-state index in [9.17, 15) is 8.78 Å². The van der Waals surface area contributed by atoms with Crippen molar-refractivity contribution in [1.29, 1.82) is 0 Å². The molecule has 0 amide bonds. The van der Waals surface area contributed by atoms with Gasteiger partial charge in [0, 0.05) is 6.04 Å². The molecular formula is C17H27F2N. The lowest BCUT2D eigenvalue weighted by molar-refractivity contribution is 0.450. The summed E-state index contributed by atoms with van der Waals surface area (Å²) in [7, 11) is 0. The van der Waals surface area contributed by atoms with Crippen LogP contribution in [0.2, 0.25) is 0 Å². The second-order valence-corrected chi connectivity index (χ2v) is 5.45. The summed E-state index contributed by atoms with van der Waals surface area (Å²) in [6.45, 7) is 5.31. The average molecular weight is 283 g/mol. The van der Waals surface area contributed by atoms with Gasteiger partial charge < -0.3 is 5.32 Å². The van der Waals surface area contributed by atoms with Crippen molar-refractivity contribution in [1.82, 2.24) is 5.32 Å². The standard InChI is InChI=1S/C17H27F2N/c1-3-5-6-7-8-15(20-11-4-2)12-14-9-10-16(18)17(19)13-14/h9-10,13,15,20H,3-8,11-12H2,1-2H3. The maximum Gasteiger partial charge on any atom is 0.159 e. The van der Waals surface area contributed by atoms with Crippen molar-refractivity contribution in [3.63, 3.8) is 0 Å². The molecule has 1 aromatic rings. The minimum atomic E-state index is -0.769. The van der Waals surface area contributed by atoms with Crippen LogP contribution in [0.4, 0.5) is 8.78 Å². The predicted octanol–water partition coefficient (Wildman–Crippen LogP) is 4.85. The van der Waals surface area contributed by atoms with E-state index in [1.807, 2.05) is 0 Å². The molecule has 0 aliphatic rings. The predicted molar refractivity (Wildman–Crippen MR) is 80.9 cm³/mol. The van der Waals surface area contributed by atoms with Gasteiger partial charge in [-0.15, -0.1) is 0 Å². The van der Waals surface area contributed by atoms with E-state index in [-0.39, 0.29) is 0 Å². The Morgan fingerprint density at radius 2 is 1.80 bits per heavy atom. The van der Waals surface area contributed by atoms with Gasteiger partial charge in [0.05, 0.1) is 0 Å². The minimum absolute atomic E-state index is 0.358. The van der Waals surface area contributed by atoms with Crippen LogP contribution in [0, 0.1) is 11.6 Å². The minimum Gasteiger partial charge on any atom is -0.314 e. The van der Waals surface area contributed by atoms with Gasteiger partial charge >= 0.3 is 0 Å². The molecule has 3 heteroatoms. The Balaban J connectivity index is 2.51. The fraction of sp³-hybridized carbons (Fsp3) is 0.647. The van der Waals surface area contributed by atoms with Crippen LogP contribution in [0.1, 0.15) is 57.9 Å². The monoisotopic (exact) mass is 283 g/mol. The van der Waals surface area contributed by atoms with Gasteiger partial charge in [-0.05, 0) is 43.5 Å². The van der Waals surface area contributed by atoms with E-state index in [1.54, 1.807) is 6.07 Å². The summed E-state index contributed by atoms with van der Waals surface area (Å²) >= 11 is 0. The molecule has 0 aliphatic carbocycles. The first-order chi connectivity index (χ1) is 9.67. The molecule has 0 bridgehead atoms. The first-order valence-electron chi connectivity index (χ1n) is 7.84. The van der Waals surface area contributed by atoms with E-state index >= 15 is 0 Å². The average Bonchev–Trinajstić information content (AvgIpc) is 2.44. The molecule has 0 spiro atoms. The van der Waals surface area contributed by atoms with Crippen molar-refractivity contribution in [3.05, 3.63) is 35.4 Å². The summed E-state index contributed by atoms with van der Waals surface area (Å²) in [6, 6.07) is 4.59. The third kappa shape index (κ3) is 6.47. The molecule has 1 nitrogen and oxygen atoms in total. The van der Waals surface area contributed by atoms with Crippen LogP contribution in [-0.4, -0.2) is 12.6 Å². The molecule has 114 valence electrons. The highest BCUT2D eigenvalue weighted by Crippen LogP contribution is 2.14. The molecule has 0 aliphatic heterocycles. The molecular weight excluding hydrogens is 256 g/mol. The Bertz CT molecular complexity index is 379. The summed E-state index contributed by atoms with van der Waals surface area (Å²) < 4.78 is 26.2. The number of hydrogen-bond donors (Lipinski definition) is 1. The fourth-order valence-corrected chi connectivity index (χ4v) is 2.39. The molecule has 0 heterocycles. The summed E-state index contributed by atoms with van der Waals surface area (Å²) in [5.74, 6) is -1.52. The molecule has 1 aromatic carbocycles. The zero-order chi connectivity index (χ0) is 14.8. The van der Waals surface area contributed by atoms with Crippen LogP contribution < -0.4 is 5.32 Å². The van der Waals surface area contributed by atoms with Crippen molar-refractivity contribution < 1.29 is 8.78 Å². The van der Waals surface area contributed by atoms with Crippen LogP contribution in [-0.2, 0) is 6.42 Å². The molecule has 20 heavy (non-hydrogen) atoms. The number of benzene rings is 1. The van der Waals surface area contributed by atoms with Crippen LogP contribution in [0.25, 0.3) is 0 Å². The highest BCUT2D eigenvalue weighted by molar-refractivity contribution is 5.18. The first-order valence-corrected chi connectivity index (χ1v) is 7.84. The van der Waals surface area contributed by atoms with Crippen molar-refractivity contribution in [2.24, 2.45) is 0 Å². The van der Waals surface area contributed by atoms with E-state index in [1.165, 1.54) is 37.8 Å². The molecule has 0 radical (unpaired) electrons. The van der Waals surface area contributed by atoms with E-state index < -0.39 is 11.6 Å². The largest absolute Gasteiger partial charge is 0.314 e. The number of hydrogen-bond acceptors (Lipinski definition) is 1. The lowest BCUT2D eigenvalue weighted by Gasteiger charge is -2.18. The number of unbranched alkanes of at least 4 members (excludes halogenated alkanes) is 3. The Morgan fingerprint density at radius 1 is 1.00 bits per heavy atom. The van der Waals surface area contributed by atoms with Crippen molar-refractivity contribution in [2.45, 2.75) is 64.8 Å². The zero-order valence-corrected chi connectivity index (χ0v) is 12.7. The Morgan fingerprint density at radius 3 is 2.45 bits per heavy atom. The molecule has 0 saturated carbocycles. The molecule has 1 unspecified atom stereocenters. The van der Waals surface area contributed by atoms with Crippen molar-refractivity contribution in [3.8, 4) is 0 Å². The summed E-state index contributed by atoms with van der Waals surface area (Å²) in [5.41, 5.74) is 0.869. The number of rotatable bonds is 10. The Labute approximate surface area is 121 Å². The van der Waals surface area contributed by atoms with Crippen LogP contribution in [0.15, 0.2) is 18.2 Å². The fourth-order valence-electron chi connectivity index (χ4n) is 2.39. The molecule has 1 rings (SSSR count). The molecule has 0 fully saturated rings. The molecule has 0 saturated heterocycles. The van der Waals surface area contributed by atoms with Gasteiger partial charge in [0.2, 0.25) is 0 Å². The first kappa shape index (κ1) is 17.1. The third-order valence-corrected chi connectivity index (χ3v) is 3.56. The highest BCUT2D eigenvalue weighted by Gasteiger charge is 2.10. The van der Waals surface area contributed by atoms with Crippen molar-refractivity contribution in [2.75, 3.05) is 6.54 Å². The summed E-state index contributed by atoms with van der Waals surface area (Å²) in [5, 5.41) is 3.51. The summed E-state index contributed by atoms with van der Waals surface area (Å²) in [6.07, 6.45) is 7.89. The summed E-state index contributed by atoms with van der Waals surface area (Å²) in [4.78, 5) is 0. The van der Waals surface area contributed by atoms with Gasteiger partial charge in [-0.25, -0.2) is 8.78 Å². The van der Waals surface area contributed by atoms with E-state index in [4.69, 9.17) is 0 Å². The van der Waals surface area contributed by atoms with E-state index in [0.29, 0.717) is 6.04 Å². The van der Waals surface area contributed by atoms with E-state index in [0.717, 1.165) is 31.4 Å². The van der Waals surface area contributed by atoms with Gasteiger partial charge in [0.15, 0.2) is 11.6 Å². The molecule has 1 N–H and O–H groups in total. The smallest absolute Gasteiger partial charge is 0.159 e. The maximum atomic E-state index is 13.2. The number of nitrogens with one attached hydrogen (secondary N) is 1. The van der Waals surface area contributed by atoms with E-state index in [2.05, 4.69) is 19.2 Å². The van der Waals surface area contributed by atoms with Gasteiger partial charge in [0.1, 0.15) is 0 Å². The third-order valence-electron chi connectivity index (χ3n) is 3.56. The molecule has 1 atom stereocenters. The normalized spacial score (nSPS) is 12.6. The molecule has 0 aromatic heterocycles. The van der Waals surface area contributed by atoms with Gasteiger partial charge in [-0.1, -0.05) is 45.6 Å².